The number of pyridine rings is 1. The maximum Gasteiger partial charge on any atom is 0.343 e. The molecule has 0 aliphatic rings. The predicted molar refractivity (Wildman–Crippen MR) is 79.0 cm³/mol. The summed E-state index contributed by atoms with van der Waals surface area (Å²) in [5.41, 5.74) is 1.68. The van der Waals surface area contributed by atoms with E-state index in [1.807, 2.05) is 36.4 Å². The molecule has 2 aromatic carbocycles. The number of ether oxygens (including phenoxy) is 1. The Morgan fingerprint density at radius 1 is 1.05 bits per heavy atom. The van der Waals surface area contributed by atoms with Gasteiger partial charge in [0.1, 0.15) is 17.9 Å². The van der Waals surface area contributed by atoms with Gasteiger partial charge in [0.2, 0.25) is 0 Å². The van der Waals surface area contributed by atoms with Crippen molar-refractivity contribution in [3.05, 3.63) is 71.9 Å². The van der Waals surface area contributed by atoms with Crippen molar-refractivity contribution in [2.45, 2.75) is 6.61 Å². The zero-order valence-corrected chi connectivity index (χ0v) is 11.2. The van der Waals surface area contributed by atoms with E-state index in [1.54, 1.807) is 18.2 Å². The molecule has 0 aliphatic carbocycles. The molecule has 0 fully saturated rings. The van der Waals surface area contributed by atoms with Crippen molar-refractivity contribution < 1.29 is 14.6 Å². The van der Waals surface area contributed by atoms with E-state index in [0.717, 1.165) is 5.56 Å². The first kappa shape index (κ1) is 13.1. The Kier molecular flexibility index (Phi) is 3.51. The first-order valence-electron chi connectivity index (χ1n) is 6.53. The molecular weight excluding hydrogens is 266 g/mol. The summed E-state index contributed by atoms with van der Waals surface area (Å²) < 4.78 is 5.28. The van der Waals surface area contributed by atoms with Crippen LogP contribution >= 0.6 is 0 Å². The monoisotopic (exact) mass is 279 g/mol. The van der Waals surface area contributed by atoms with Gasteiger partial charge in [-0.15, -0.1) is 0 Å². The van der Waals surface area contributed by atoms with Gasteiger partial charge in [0.25, 0.3) is 0 Å². The number of hydrogen-bond donors (Lipinski definition) is 1. The Labute approximate surface area is 121 Å². The van der Waals surface area contributed by atoms with E-state index in [4.69, 9.17) is 4.74 Å². The molecule has 1 N–H and O–H groups in total. The third-order valence-corrected chi connectivity index (χ3v) is 3.17. The van der Waals surface area contributed by atoms with Crippen LogP contribution in [0.2, 0.25) is 0 Å². The number of nitrogens with zero attached hydrogens (tertiary/aromatic N) is 1. The molecule has 0 saturated heterocycles. The zero-order chi connectivity index (χ0) is 14.7. The average Bonchev–Trinajstić information content (AvgIpc) is 2.53. The molecule has 0 spiro atoms. The van der Waals surface area contributed by atoms with E-state index >= 15 is 0 Å². The first-order chi connectivity index (χ1) is 10.3. The third kappa shape index (κ3) is 2.69. The van der Waals surface area contributed by atoms with Gasteiger partial charge in [-0.25, -0.2) is 4.79 Å². The van der Waals surface area contributed by atoms with Crippen LogP contribution in [0.5, 0.6) is 5.75 Å². The quantitative estimate of drug-likeness (QED) is 0.747. The summed E-state index contributed by atoms with van der Waals surface area (Å²) in [6.07, 6.45) is 1.27. The molecule has 3 aromatic rings. The molecule has 21 heavy (non-hydrogen) atoms. The van der Waals surface area contributed by atoms with E-state index < -0.39 is 5.97 Å². The van der Waals surface area contributed by atoms with Crippen molar-refractivity contribution in [3.8, 4) is 5.75 Å². The van der Waals surface area contributed by atoms with E-state index in [1.165, 1.54) is 6.20 Å². The van der Waals surface area contributed by atoms with Crippen LogP contribution < -0.4 is 0 Å². The van der Waals surface area contributed by atoms with Crippen LogP contribution in [0.1, 0.15) is 15.9 Å². The minimum absolute atomic E-state index is 0.150. The summed E-state index contributed by atoms with van der Waals surface area (Å²) in [7, 11) is 0. The number of para-hydroxylation sites is 1. The Bertz CT molecular complexity index is 784. The lowest BCUT2D eigenvalue weighted by molar-refractivity contribution is 0.0472. The number of aromatic hydroxyl groups is 1. The van der Waals surface area contributed by atoms with Crippen LogP contribution in [0.4, 0.5) is 0 Å². The Balaban J connectivity index is 1.89. The lowest BCUT2D eigenvalue weighted by Crippen LogP contribution is -2.07. The molecule has 1 heterocycles. The fourth-order valence-corrected chi connectivity index (χ4v) is 2.14. The van der Waals surface area contributed by atoms with Gasteiger partial charge in [0.05, 0.1) is 11.7 Å². The summed E-state index contributed by atoms with van der Waals surface area (Å²) in [4.78, 5) is 16.3. The van der Waals surface area contributed by atoms with Gasteiger partial charge in [-0.1, -0.05) is 48.5 Å². The summed E-state index contributed by atoms with van der Waals surface area (Å²) in [6, 6.07) is 16.5. The van der Waals surface area contributed by atoms with E-state index in [0.29, 0.717) is 10.9 Å². The second-order valence-electron chi connectivity index (χ2n) is 4.60. The summed E-state index contributed by atoms with van der Waals surface area (Å²) in [5, 5.41) is 10.5. The number of carbonyl (C=O) groups is 1. The molecule has 4 nitrogen and oxygen atoms in total. The second-order valence-corrected chi connectivity index (χ2v) is 4.60. The third-order valence-electron chi connectivity index (χ3n) is 3.17. The van der Waals surface area contributed by atoms with Crippen molar-refractivity contribution in [2.75, 3.05) is 0 Å². The van der Waals surface area contributed by atoms with Gasteiger partial charge in [0, 0.05) is 5.39 Å². The predicted octanol–water partition coefficient (Wildman–Crippen LogP) is 3.30. The Hall–Kier alpha value is -2.88. The number of esters is 1. The van der Waals surface area contributed by atoms with Crippen molar-refractivity contribution in [2.24, 2.45) is 0 Å². The van der Waals surface area contributed by atoms with E-state index in [2.05, 4.69) is 4.98 Å². The normalized spacial score (nSPS) is 10.5. The Morgan fingerprint density at radius 2 is 1.76 bits per heavy atom. The van der Waals surface area contributed by atoms with Gasteiger partial charge in [-0.3, -0.25) is 4.98 Å². The van der Waals surface area contributed by atoms with Gasteiger partial charge in [0.15, 0.2) is 0 Å². The van der Waals surface area contributed by atoms with E-state index in [-0.39, 0.29) is 17.9 Å². The maximum atomic E-state index is 12.2. The Morgan fingerprint density at radius 3 is 2.57 bits per heavy atom. The van der Waals surface area contributed by atoms with Crippen LogP contribution in [-0.4, -0.2) is 16.1 Å². The second kappa shape index (κ2) is 5.63. The van der Waals surface area contributed by atoms with Crippen molar-refractivity contribution >= 4 is 16.9 Å². The fraction of sp³-hybridized carbons (Fsp3) is 0.0588. The zero-order valence-electron chi connectivity index (χ0n) is 11.2. The largest absolute Gasteiger partial charge is 0.505 e. The summed E-state index contributed by atoms with van der Waals surface area (Å²) >= 11 is 0. The fourth-order valence-electron chi connectivity index (χ4n) is 2.14. The molecular formula is C17H13NO3. The number of aromatic nitrogens is 1. The highest BCUT2D eigenvalue weighted by Crippen LogP contribution is 2.26. The van der Waals surface area contributed by atoms with Gasteiger partial charge < -0.3 is 9.84 Å². The van der Waals surface area contributed by atoms with Crippen molar-refractivity contribution in [1.82, 2.24) is 4.98 Å². The SMILES string of the molecule is O=C(OCc1ccccc1)c1c(O)cnc2ccccc12. The van der Waals surface area contributed by atoms with Gasteiger partial charge >= 0.3 is 5.97 Å². The smallest absolute Gasteiger partial charge is 0.343 e. The highest BCUT2D eigenvalue weighted by atomic mass is 16.5. The lowest BCUT2D eigenvalue weighted by atomic mass is 10.1. The summed E-state index contributed by atoms with van der Waals surface area (Å²) in [6.45, 7) is 0.162. The van der Waals surface area contributed by atoms with Gasteiger partial charge in [-0.2, -0.15) is 0 Å². The van der Waals surface area contributed by atoms with Crippen molar-refractivity contribution in [1.29, 1.82) is 0 Å². The highest BCUT2D eigenvalue weighted by molar-refractivity contribution is 6.05. The number of benzene rings is 2. The van der Waals surface area contributed by atoms with Crippen LogP contribution in [0.15, 0.2) is 60.8 Å². The highest BCUT2D eigenvalue weighted by Gasteiger charge is 2.17. The molecule has 0 aliphatic heterocycles. The molecule has 104 valence electrons. The average molecular weight is 279 g/mol. The number of fused-ring (bicyclic) bond motifs is 1. The van der Waals surface area contributed by atoms with E-state index in [9.17, 15) is 9.90 Å². The number of hydrogen-bond acceptors (Lipinski definition) is 4. The molecule has 0 unspecified atom stereocenters. The standard InChI is InChI=1S/C17H13NO3/c19-15-10-18-14-9-5-4-8-13(14)16(15)17(20)21-11-12-6-2-1-3-7-12/h1-10,19H,11H2. The molecule has 1 aromatic heterocycles. The molecule has 4 heteroatoms. The number of carbonyl (C=O) groups excluding carboxylic acids is 1. The van der Waals surface area contributed by atoms with Crippen molar-refractivity contribution in [3.63, 3.8) is 0 Å². The molecule has 0 amide bonds. The van der Waals surface area contributed by atoms with Crippen LogP contribution in [0.3, 0.4) is 0 Å². The van der Waals surface area contributed by atoms with Crippen LogP contribution in [-0.2, 0) is 11.3 Å². The van der Waals surface area contributed by atoms with Crippen LogP contribution in [0.25, 0.3) is 10.9 Å². The molecule has 3 rings (SSSR count). The summed E-state index contributed by atoms with van der Waals surface area (Å²) in [5.74, 6) is -0.735. The molecule has 0 radical (unpaired) electrons. The lowest BCUT2D eigenvalue weighted by Gasteiger charge is -2.09. The topological polar surface area (TPSA) is 59.4 Å². The minimum atomic E-state index is -0.560. The maximum absolute atomic E-state index is 12.2. The number of rotatable bonds is 3. The van der Waals surface area contributed by atoms with Gasteiger partial charge in [-0.05, 0) is 11.6 Å². The first-order valence-corrected chi connectivity index (χ1v) is 6.53. The molecule has 0 saturated carbocycles. The van der Waals surface area contributed by atoms with Crippen LogP contribution in [0, 0.1) is 0 Å². The molecule has 0 bridgehead atoms. The minimum Gasteiger partial charge on any atom is -0.505 e. The molecule has 0 atom stereocenters.